The van der Waals surface area contributed by atoms with Crippen LogP contribution in [-0.4, -0.2) is 23.5 Å². The summed E-state index contributed by atoms with van der Waals surface area (Å²) < 4.78 is 0. The summed E-state index contributed by atoms with van der Waals surface area (Å²) in [6.45, 7) is 3.12. The molecular weight excluding hydrogens is 258 g/mol. The number of allylic oxidation sites excluding steroid dienone is 5. The zero-order valence-corrected chi connectivity index (χ0v) is 13.1. The maximum Gasteiger partial charge on any atom is 0.0540 e. The molecular formula is C19H27NO. The van der Waals surface area contributed by atoms with Crippen LogP contribution in [0.5, 0.6) is 0 Å². The summed E-state index contributed by atoms with van der Waals surface area (Å²) in [6, 6.07) is 0. The van der Waals surface area contributed by atoms with Crippen molar-refractivity contribution in [3.63, 3.8) is 0 Å². The first-order chi connectivity index (χ1) is 10.2. The third kappa shape index (κ3) is 3.55. The molecule has 2 nitrogen and oxygen atoms in total. The van der Waals surface area contributed by atoms with Crippen LogP contribution < -0.4 is 0 Å². The number of nitrogens with zero attached hydrogens (tertiary/aromatic N) is 1. The van der Waals surface area contributed by atoms with Gasteiger partial charge in [-0.2, -0.15) is 0 Å². The van der Waals surface area contributed by atoms with Crippen LogP contribution >= 0.6 is 0 Å². The predicted octanol–water partition coefficient (Wildman–Crippen LogP) is 4.37. The van der Waals surface area contributed by atoms with E-state index in [9.17, 15) is 5.11 Å². The number of aliphatic hydroxyl groups is 1. The van der Waals surface area contributed by atoms with Crippen molar-refractivity contribution in [2.24, 2.45) is 10.9 Å². The third-order valence-corrected chi connectivity index (χ3v) is 5.16. The molecule has 0 spiro atoms. The minimum Gasteiger partial charge on any atom is -0.393 e. The smallest absolute Gasteiger partial charge is 0.0540 e. The topological polar surface area (TPSA) is 32.6 Å². The van der Waals surface area contributed by atoms with Gasteiger partial charge in [-0.15, -0.1) is 0 Å². The van der Waals surface area contributed by atoms with Crippen molar-refractivity contribution in [3.05, 3.63) is 34.9 Å². The van der Waals surface area contributed by atoms with Crippen molar-refractivity contribution >= 4 is 5.71 Å². The maximum atomic E-state index is 9.70. The Morgan fingerprint density at radius 2 is 2.00 bits per heavy atom. The summed E-state index contributed by atoms with van der Waals surface area (Å²) >= 11 is 0. The molecule has 0 saturated heterocycles. The number of aliphatic hydroxyl groups excluding tert-OH is 1. The van der Waals surface area contributed by atoms with Crippen LogP contribution in [0.2, 0.25) is 0 Å². The van der Waals surface area contributed by atoms with Crippen molar-refractivity contribution in [2.75, 3.05) is 6.54 Å². The molecule has 3 rings (SSSR count). The number of hydrogen-bond donors (Lipinski definition) is 1. The molecule has 114 valence electrons. The van der Waals surface area contributed by atoms with Gasteiger partial charge in [0, 0.05) is 12.3 Å². The minimum absolute atomic E-state index is 0.0485. The van der Waals surface area contributed by atoms with E-state index in [0.717, 1.165) is 38.1 Å². The minimum atomic E-state index is -0.0485. The molecule has 21 heavy (non-hydrogen) atoms. The second-order valence-corrected chi connectivity index (χ2v) is 6.73. The summed E-state index contributed by atoms with van der Waals surface area (Å²) in [5, 5.41) is 9.70. The number of hydrogen-bond acceptors (Lipinski definition) is 2. The SMILES string of the molecule is CC1=NCCC2=CC=CCCC(CC3CCC(O)CC3)=C21. The average molecular weight is 285 g/mol. The van der Waals surface area contributed by atoms with E-state index in [0.29, 0.717) is 0 Å². The van der Waals surface area contributed by atoms with Crippen molar-refractivity contribution in [3.8, 4) is 0 Å². The van der Waals surface area contributed by atoms with Gasteiger partial charge in [-0.1, -0.05) is 23.8 Å². The first-order valence-corrected chi connectivity index (χ1v) is 8.51. The first kappa shape index (κ1) is 14.8. The molecule has 1 heterocycles. The lowest BCUT2D eigenvalue weighted by Crippen LogP contribution is -2.20. The largest absolute Gasteiger partial charge is 0.393 e. The molecule has 1 N–H and O–H groups in total. The van der Waals surface area contributed by atoms with Gasteiger partial charge < -0.3 is 5.11 Å². The van der Waals surface area contributed by atoms with Gasteiger partial charge in [-0.05, 0) is 75.4 Å². The molecule has 1 aliphatic heterocycles. The van der Waals surface area contributed by atoms with Gasteiger partial charge in [-0.3, -0.25) is 4.99 Å². The zero-order valence-electron chi connectivity index (χ0n) is 13.1. The van der Waals surface area contributed by atoms with Gasteiger partial charge in [0.1, 0.15) is 0 Å². The Labute approximate surface area is 128 Å². The van der Waals surface area contributed by atoms with Crippen LogP contribution in [0.1, 0.15) is 58.3 Å². The summed E-state index contributed by atoms with van der Waals surface area (Å²) in [5.74, 6) is 0.760. The van der Waals surface area contributed by atoms with Gasteiger partial charge >= 0.3 is 0 Å². The molecule has 0 radical (unpaired) electrons. The monoisotopic (exact) mass is 285 g/mol. The standard InChI is InChI=1S/C19H27NO/c1-14-19-16(11-12-20-14)5-3-2-4-6-17(19)13-15-7-9-18(21)10-8-15/h2-3,5,15,18,21H,4,6-13H2,1H3. The Kier molecular flexibility index (Phi) is 4.74. The Hall–Kier alpha value is -1.15. The van der Waals surface area contributed by atoms with Crippen molar-refractivity contribution in [2.45, 2.75) is 64.4 Å². The lowest BCUT2D eigenvalue weighted by molar-refractivity contribution is 0.108. The maximum absolute atomic E-state index is 9.70. The Balaban J connectivity index is 1.84. The fourth-order valence-electron chi connectivity index (χ4n) is 3.99. The lowest BCUT2D eigenvalue weighted by atomic mass is 9.79. The number of fused-ring (bicyclic) bond motifs is 1. The van der Waals surface area contributed by atoms with E-state index in [1.165, 1.54) is 42.5 Å². The normalized spacial score (nSPS) is 30.2. The van der Waals surface area contributed by atoms with Gasteiger partial charge in [-0.25, -0.2) is 0 Å². The van der Waals surface area contributed by atoms with E-state index in [-0.39, 0.29) is 6.10 Å². The fraction of sp³-hybridized carbons (Fsp3) is 0.632. The van der Waals surface area contributed by atoms with E-state index in [4.69, 9.17) is 4.99 Å². The van der Waals surface area contributed by atoms with Gasteiger partial charge in [0.25, 0.3) is 0 Å². The van der Waals surface area contributed by atoms with E-state index in [2.05, 4.69) is 25.2 Å². The summed E-state index contributed by atoms with van der Waals surface area (Å²) in [7, 11) is 0. The second kappa shape index (κ2) is 6.74. The third-order valence-electron chi connectivity index (χ3n) is 5.16. The van der Waals surface area contributed by atoms with Crippen molar-refractivity contribution in [1.29, 1.82) is 0 Å². The van der Waals surface area contributed by atoms with Crippen LogP contribution in [0.25, 0.3) is 0 Å². The molecule has 0 aromatic carbocycles. The number of rotatable bonds is 2. The molecule has 0 bridgehead atoms. The molecule has 0 aromatic heterocycles. The zero-order chi connectivity index (χ0) is 14.7. The van der Waals surface area contributed by atoms with Crippen LogP contribution in [0, 0.1) is 5.92 Å². The van der Waals surface area contributed by atoms with Crippen molar-refractivity contribution in [1.82, 2.24) is 0 Å². The van der Waals surface area contributed by atoms with E-state index < -0.39 is 0 Å². The average Bonchev–Trinajstić information content (AvgIpc) is 2.45. The molecule has 2 heteroatoms. The molecule has 0 aromatic rings. The highest BCUT2D eigenvalue weighted by molar-refractivity contribution is 6.03. The van der Waals surface area contributed by atoms with Gasteiger partial charge in [0.2, 0.25) is 0 Å². The number of aliphatic imine (C=N–C) groups is 1. The second-order valence-electron chi connectivity index (χ2n) is 6.73. The highest BCUT2D eigenvalue weighted by Gasteiger charge is 2.24. The first-order valence-electron chi connectivity index (χ1n) is 8.51. The van der Waals surface area contributed by atoms with Crippen LogP contribution in [-0.2, 0) is 0 Å². The van der Waals surface area contributed by atoms with Crippen LogP contribution in [0.15, 0.2) is 39.9 Å². The summed E-state index contributed by atoms with van der Waals surface area (Å²) in [4.78, 5) is 4.70. The Bertz CT molecular complexity index is 502. The highest BCUT2D eigenvalue weighted by atomic mass is 16.3. The van der Waals surface area contributed by atoms with E-state index in [1.807, 2.05) is 0 Å². The molecule has 1 fully saturated rings. The summed E-state index contributed by atoms with van der Waals surface area (Å²) in [6.07, 6.45) is 15.7. The molecule has 2 aliphatic carbocycles. The quantitative estimate of drug-likeness (QED) is 0.803. The van der Waals surface area contributed by atoms with Crippen molar-refractivity contribution < 1.29 is 5.11 Å². The Morgan fingerprint density at radius 1 is 1.19 bits per heavy atom. The van der Waals surface area contributed by atoms with Gasteiger partial charge in [0.05, 0.1) is 6.10 Å². The molecule has 0 unspecified atom stereocenters. The van der Waals surface area contributed by atoms with Crippen LogP contribution in [0.3, 0.4) is 0 Å². The van der Waals surface area contributed by atoms with E-state index in [1.54, 1.807) is 5.57 Å². The Morgan fingerprint density at radius 3 is 2.81 bits per heavy atom. The molecule has 0 amide bonds. The summed E-state index contributed by atoms with van der Waals surface area (Å²) in [5.41, 5.74) is 5.82. The lowest BCUT2D eigenvalue weighted by Gasteiger charge is -2.29. The predicted molar refractivity (Wildman–Crippen MR) is 88.7 cm³/mol. The fourth-order valence-corrected chi connectivity index (χ4v) is 3.99. The molecule has 3 aliphatic rings. The molecule has 1 saturated carbocycles. The highest BCUT2D eigenvalue weighted by Crippen LogP contribution is 2.36. The van der Waals surface area contributed by atoms with E-state index >= 15 is 0 Å². The van der Waals surface area contributed by atoms with Gasteiger partial charge in [0.15, 0.2) is 0 Å². The van der Waals surface area contributed by atoms with Crippen LogP contribution in [0.4, 0.5) is 0 Å². The molecule has 0 atom stereocenters.